The second kappa shape index (κ2) is 9.43. The van der Waals surface area contributed by atoms with E-state index in [0.717, 1.165) is 11.1 Å². The number of rotatable bonds is 8. The monoisotopic (exact) mass is 398 g/mol. The van der Waals surface area contributed by atoms with E-state index in [1.807, 2.05) is 24.3 Å². The third kappa shape index (κ3) is 4.86. The van der Waals surface area contributed by atoms with Crippen LogP contribution in [0.1, 0.15) is 17.5 Å². The first-order valence-corrected chi connectivity index (χ1v) is 9.42. The molecule has 1 N–H and O–H groups in total. The van der Waals surface area contributed by atoms with E-state index in [-0.39, 0.29) is 18.2 Å². The zero-order valence-corrected chi connectivity index (χ0v) is 16.9. The summed E-state index contributed by atoms with van der Waals surface area (Å²) in [5.74, 6) is 0.548. The number of carbonyl (C=O) groups is 2. The largest absolute Gasteiger partial charge is 0.497 e. The second-order valence-corrected chi connectivity index (χ2v) is 6.91. The Morgan fingerprint density at radius 1 is 1.07 bits per heavy atom. The first kappa shape index (κ1) is 20.7. The quantitative estimate of drug-likeness (QED) is 0.739. The van der Waals surface area contributed by atoms with Crippen molar-refractivity contribution in [2.75, 3.05) is 32.8 Å². The van der Waals surface area contributed by atoms with Crippen molar-refractivity contribution in [2.45, 2.75) is 19.6 Å². The summed E-state index contributed by atoms with van der Waals surface area (Å²) in [5, 5.41) is 2.93. The summed E-state index contributed by atoms with van der Waals surface area (Å²) in [7, 11) is 4.77. The molecular weight excluding hydrogens is 372 g/mol. The molecule has 1 fully saturated rings. The zero-order chi connectivity index (χ0) is 20.8. The normalized spacial score (nSPS) is 16.0. The van der Waals surface area contributed by atoms with E-state index in [1.165, 1.54) is 0 Å². The van der Waals surface area contributed by atoms with Gasteiger partial charge in [0.1, 0.15) is 11.5 Å². The molecule has 0 bridgehead atoms. The fourth-order valence-electron chi connectivity index (χ4n) is 3.38. The zero-order valence-electron chi connectivity index (χ0n) is 16.9. The van der Waals surface area contributed by atoms with Gasteiger partial charge < -0.3 is 24.4 Å². The molecule has 0 saturated carbocycles. The van der Waals surface area contributed by atoms with Crippen molar-refractivity contribution in [3.05, 3.63) is 53.6 Å². The number of nitrogens with zero attached hydrogens (tertiary/aromatic N) is 1. The fraction of sp³-hybridized carbons (Fsp3) is 0.364. The Balaban J connectivity index is 1.61. The highest BCUT2D eigenvalue weighted by molar-refractivity contribution is 6.01. The molecule has 0 spiro atoms. The minimum absolute atomic E-state index is 0.0995. The van der Waals surface area contributed by atoms with Gasteiger partial charge in [-0.25, -0.2) is 0 Å². The maximum Gasteiger partial charge on any atom is 0.227 e. The smallest absolute Gasteiger partial charge is 0.227 e. The minimum atomic E-state index is -0.401. The summed E-state index contributed by atoms with van der Waals surface area (Å²) < 4.78 is 15.7. The van der Waals surface area contributed by atoms with Crippen molar-refractivity contribution in [2.24, 2.45) is 5.92 Å². The highest BCUT2D eigenvalue weighted by Gasteiger charge is 2.36. The molecule has 1 aliphatic rings. The van der Waals surface area contributed by atoms with Gasteiger partial charge in [-0.1, -0.05) is 24.3 Å². The molecule has 2 aromatic carbocycles. The number of hydrogen-bond acceptors (Lipinski definition) is 5. The van der Waals surface area contributed by atoms with Crippen LogP contribution in [0.5, 0.6) is 11.5 Å². The van der Waals surface area contributed by atoms with Crippen LogP contribution >= 0.6 is 0 Å². The van der Waals surface area contributed by atoms with Crippen LogP contribution in [-0.2, 0) is 27.5 Å². The molecule has 1 heterocycles. The minimum Gasteiger partial charge on any atom is -0.497 e. The van der Waals surface area contributed by atoms with E-state index in [2.05, 4.69) is 5.32 Å². The fourth-order valence-corrected chi connectivity index (χ4v) is 3.38. The van der Waals surface area contributed by atoms with Gasteiger partial charge in [0.05, 0.1) is 32.4 Å². The van der Waals surface area contributed by atoms with Crippen LogP contribution in [0, 0.1) is 5.92 Å². The predicted octanol–water partition coefficient (Wildman–Crippen LogP) is 2.52. The lowest BCUT2D eigenvalue weighted by Crippen LogP contribution is -2.32. The van der Waals surface area contributed by atoms with Crippen LogP contribution in [-0.4, -0.2) is 39.7 Å². The van der Waals surface area contributed by atoms with Crippen LogP contribution in [0.25, 0.3) is 0 Å². The number of methoxy groups -OCH3 is 3. The van der Waals surface area contributed by atoms with Gasteiger partial charge in [-0.2, -0.15) is 0 Å². The van der Waals surface area contributed by atoms with Crippen molar-refractivity contribution in [3.63, 3.8) is 0 Å². The van der Waals surface area contributed by atoms with E-state index in [4.69, 9.17) is 14.2 Å². The molecule has 1 unspecified atom stereocenters. The Morgan fingerprint density at radius 2 is 1.79 bits per heavy atom. The summed E-state index contributed by atoms with van der Waals surface area (Å²) >= 11 is 0. The molecule has 3 rings (SSSR count). The molecule has 7 nitrogen and oxygen atoms in total. The molecule has 2 amide bonds. The lowest BCUT2D eigenvalue weighted by molar-refractivity contribution is -0.126. The molecule has 29 heavy (non-hydrogen) atoms. The average Bonchev–Trinajstić information content (AvgIpc) is 3.14. The highest BCUT2D eigenvalue weighted by Crippen LogP contribution is 2.35. The van der Waals surface area contributed by atoms with Crippen LogP contribution < -0.4 is 19.7 Å². The Hall–Kier alpha value is -3.06. The van der Waals surface area contributed by atoms with Gasteiger partial charge in [0.15, 0.2) is 0 Å². The maximum atomic E-state index is 12.6. The van der Waals surface area contributed by atoms with E-state index < -0.39 is 5.92 Å². The van der Waals surface area contributed by atoms with Gasteiger partial charge >= 0.3 is 0 Å². The summed E-state index contributed by atoms with van der Waals surface area (Å²) in [6.45, 7) is 1.30. The van der Waals surface area contributed by atoms with E-state index >= 15 is 0 Å². The SMILES string of the molecule is COCc1ccc(CNC(=O)C2CC(=O)N(c3ccc(OC)cc3OC)C2)cc1. The van der Waals surface area contributed by atoms with Crippen molar-refractivity contribution >= 4 is 17.5 Å². The van der Waals surface area contributed by atoms with E-state index in [0.29, 0.717) is 36.9 Å². The third-order valence-electron chi connectivity index (χ3n) is 4.97. The summed E-state index contributed by atoms with van der Waals surface area (Å²) in [5.41, 5.74) is 2.71. The third-order valence-corrected chi connectivity index (χ3v) is 4.97. The topological polar surface area (TPSA) is 77.1 Å². The number of carbonyl (C=O) groups excluding carboxylic acids is 2. The number of nitrogens with one attached hydrogen (secondary N) is 1. The number of anilines is 1. The average molecular weight is 398 g/mol. The van der Waals surface area contributed by atoms with Crippen molar-refractivity contribution in [1.82, 2.24) is 5.32 Å². The molecular formula is C22H26N2O5. The van der Waals surface area contributed by atoms with Crippen LogP contribution in [0.4, 0.5) is 5.69 Å². The Morgan fingerprint density at radius 3 is 2.45 bits per heavy atom. The van der Waals surface area contributed by atoms with Gasteiger partial charge in [-0.3, -0.25) is 9.59 Å². The lowest BCUT2D eigenvalue weighted by atomic mass is 10.1. The van der Waals surface area contributed by atoms with Crippen LogP contribution in [0.3, 0.4) is 0 Å². The van der Waals surface area contributed by atoms with E-state index in [9.17, 15) is 9.59 Å². The molecule has 2 aromatic rings. The number of ether oxygens (including phenoxy) is 3. The van der Waals surface area contributed by atoms with Crippen LogP contribution in [0.15, 0.2) is 42.5 Å². The maximum absolute atomic E-state index is 12.6. The van der Waals surface area contributed by atoms with Gasteiger partial charge in [0, 0.05) is 32.7 Å². The number of amides is 2. The van der Waals surface area contributed by atoms with Crippen LogP contribution in [0.2, 0.25) is 0 Å². The van der Waals surface area contributed by atoms with Gasteiger partial charge in [-0.15, -0.1) is 0 Å². The Labute approximate surface area is 170 Å². The number of hydrogen-bond donors (Lipinski definition) is 1. The predicted molar refractivity (Wildman–Crippen MR) is 109 cm³/mol. The highest BCUT2D eigenvalue weighted by atomic mass is 16.5. The molecule has 1 atom stereocenters. The first-order valence-electron chi connectivity index (χ1n) is 9.42. The van der Waals surface area contributed by atoms with Crippen molar-refractivity contribution in [3.8, 4) is 11.5 Å². The van der Waals surface area contributed by atoms with Gasteiger partial charge in [0.2, 0.25) is 11.8 Å². The summed E-state index contributed by atoms with van der Waals surface area (Å²) in [6.07, 6.45) is 0.174. The Kier molecular flexibility index (Phi) is 6.72. The molecule has 0 radical (unpaired) electrons. The summed E-state index contributed by atoms with van der Waals surface area (Å²) in [4.78, 5) is 26.7. The molecule has 7 heteroatoms. The van der Waals surface area contributed by atoms with Crippen molar-refractivity contribution < 1.29 is 23.8 Å². The molecule has 1 aliphatic heterocycles. The standard InChI is InChI=1S/C22H26N2O5/c1-27-14-16-6-4-15(5-7-16)12-23-22(26)17-10-21(25)24(13-17)19-9-8-18(28-2)11-20(19)29-3/h4-9,11,17H,10,12-14H2,1-3H3,(H,23,26). The molecule has 0 aliphatic carbocycles. The van der Waals surface area contributed by atoms with Crippen molar-refractivity contribution in [1.29, 1.82) is 0 Å². The first-order chi connectivity index (χ1) is 14.0. The van der Waals surface area contributed by atoms with E-state index in [1.54, 1.807) is 44.4 Å². The Bertz CT molecular complexity index is 866. The van der Waals surface area contributed by atoms with Gasteiger partial charge in [0.25, 0.3) is 0 Å². The van der Waals surface area contributed by atoms with Gasteiger partial charge in [-0.05, 0) is 23.3 Å². The molecule has 1 saturated heterocycles. The second-order valence-electron chi connectivity index (χ2n) is 6.91. The molecule has 0 aromatic heterocycles. The number of benzene rings is 2. The lowest BCUT2D eigenvalue weighted by Gasteiger charge is -2.20. The summed E-state index contributed by atoms with van der Waals surface area (Å²) in [6, 6.07) is 13.1. The molecule has 154 valence electrons.